The second kappa shape index (κ2) is 6.85. The van der Waals surface area contributed by atoms with Crippen LogP contribution >= 0.6 is 10.5 Å². The van der Waals surface area contributed by atoms with Crippen LogP contribution < -0.4 is 0 Å². The number of ether oxygens (including phenoxy) is 2. The fourth-order valence-corrected chi connectivity index (χ4v) is 5.73. The Morgan fingerprint density at radius 3 is 1.78 bits per heavy atom. The van der Waals surface area contributed by atoms with Gasteiger partial charge in [0, 0.05) is 27.3 Å². The molecule has 5 heteroatoms. The molecule has 3 aromatic carbocycles. The van der Waals surface area contributed by atoms with Gasteiger partial charge in [-0.05, 0) is 36.4 Å². The lowest BCUT2D eigenvalue weighted by atomic mass is 10.1. The molecular formula is C22H17O4S+. The van der Waals surface area contributed by atoms with Crippen LogP contribution in [0.3, 0.4) is 0 Å². The largest absolute Gasteiger partial charge is 0.465 e. The first-order valence-electron chi connectivity index (χ1n) is 8.39. The van der Waals surface area contributed by atoms with Gasteiger partial charge in [0.05, 0.1) is 25.3 Å². The van der Waals surface area contributed by atoms with E-state index in [9.17, 15) is 9.59 Å². The molecule has 0 spiro atoms. The predicted octanol–water partition coefficient (Wildman–Crippen LogP) is 5.30. The first-order chi connectivity index (χ1) is 13.2. The van der Waals surface area contributed by atoms with Crippen LogP contribution in [0.4, 0.5) is 0 Å². The smallest absolute Gasteiger partial charge is 0.338 e. The normalized spacial score (nSPS) is 10.9. The summed E-state index contributed by atoms with van der Waals surface area (Å²) in [6.45, 7) is 0. The highest BCUT2D eigenvalue weighted by Crippen LogP contribution is 2.48. The molecule has 1 aromatic heterocycles. The Morgan fingerprint density at radius 1 is 0.704 bits per heavy atom. The summed E-state index contributed by atoms with van der Waals surface area (Å²) < 4.78 is 12.1. The lowest BCUT2D eigenvalue weighted by Gasteiger charge is -2.06. The third-order valence-corrected chi connectivity index (χ3v) is 6.86. The molecule has 0 saturated carbocycles. The zero-order valence-electron chi connectivity index (χ0n) is 14.9. The summed E-state index contributed by atoms with van der Waals surface area (Å²) in [5, 5.41) is 2.40. The van der Waals surface area contributed by atoms with E-state index in [1.165, 1.54) is 34.4 Å². The summed E-state index contributed by atoms with van der Waals surface area (Å²) in [5.74, 6) is -1.11. The minimum Gasteiger partial charge on any atom is -0.465 e. The van der Waals surface area contributed by atoms with Crippen LogP contribution in [0, 0.1) is 0 Å². The van der Waals surface area contributed by atoms with Gasteiger partial charge in [-0.15, -0.1) is 0 Å². The van der Waals surface area contributed by atoms with Crippen LogP contribution in [-0.2, 0) is 9.47 Å². The van der Waals surface area contributed by atoms with E-state index in [4.69, 9.17) is 9.47 Å². The van der Waals surface area contributed by atoms with Crippen molar-refractivity contribution in [1.29, 1.82) is 0 Å². The molecule has 27 heavy (non-hydrogen) atoms. The Hall–Kier alpha value is -3.18. The second-order valence-corrected chi connectivity index (χ2v) is 7.95. The van der Waals surface area contributed by atoms with Gasteiger partial charge in [-0.1, -0.05) is 24.3 Å². The Kier molecular flexibility index (Phi) is 4.38. The quantitative estimate of drug-likeness (QED) is 0.359. The van der Waals surface area contributed by atoms with Crippen molar-refractivity contribution in [3.05, 3.63) is 77.9 Å². The number of fused-ring (bicyclic) bond motifs is 3. The van der Waals surface area contributed by atoms with Crippen LogP contribution in [0.1, 0.15) is 20.7 Å². The van der Waals surface area contributed by atoms with Gasteiger partial charge < -0.3 is 9.47 Å². The third kappa shape index (κ3) is 2.76. The molecule has 134 valence electrons. The highest BCUT2D eigenvalue weighted by atomic mass is 32.2. The van der Waals surface area contributed by atoms with Crippen molar-refractivity contribution in [3.63, 3.8) is 0 Å². The van der Waals surface area contributed by atoms with Crippen LogP contribution in [-0.4, -0.2) is 26.2 Å². The van der Waals surface area contributed by atoms with Gasteiger partial charge in [-0.25, -0.2) is 9.59 Å². The minimum absolute atomic E-state index is 0.206. The van der Waals surface area contributed by atoms with E-state index in [1.807, 2.05) is 30.3 Å². The molecule has 4 aromatic rings. The number of hydrogen-bond donors (Lipinski definition) is 0. The SMILES string of the molecule is COC(=O)c1ccc(-[s+]2c3ccccc3c3ccccc32)cc1C(=O)OC. The average Bonchev–Trinajstić information content (AvgIpc) is 3.06. The summed E-state index contributed by atoms with van der Waals surface area (Å²) in [6, 6.07) is 21.9. The molecular weight excluding hydrogens is 360 g/mol. The van der Waals surface area contributed by atoms with Crippen molar-refractivity contribution in [1.82, 2.24) is 0 Å². The van der Waals surface area contributed by atoms with E-state index >= 15 is 0 Å². The number of rotatable bonds is 3. The van der Waals surface area contributed by atoms with Gasteiger partial charge in [0.25, 0.3) is 0 Å². The summed E-state index contributed by atoms with van der Waals surface area (Å²) in [7, 11) is 2.25. The molecule has 4 rings (SSSR count). The van der Waals surface area contributed by atoms with Crippen molar-refractivity contribution in [3.8, 4) is 4.90 Å². The highest BCUT2D eigenvalue weighted by Gasteiger charge is 2.26. The van der Waals surface area contributed by atoms with Gasteiger partial charge in [-0.2, -0.15) is 0 Å². The van der Waals surface area contributed by atoms with Crippen LogP contribution in [0.2, 0.25) is 0 Å². The monoisotopic (exact) mass is 377 g/mol. The molecule has 0 bridgehead atoms. The van der Waals surface area contributed by atoms with Crippen LogP contribution in [0.25, 0.3) is 25.1 Å². The first kappa shape index (κ1) is 17.2. The van der Waals surface area contributed by atoms with Crippen LogP contribution in [0.5, 0.6) is 0 Å². The molecule has 0 radical (unpaired) electrons. The third-order valence-electron chi connectivity index (χ3n) is 4.54. The Balaban J connectivity index is 2.04. The summed E-state index contributed by atoms with van der Waals surface area (Å²) in [4.78, 5) is 25.3. The van der Waals surface area contributed by atoms with E-state index in [-0.39, 0.29) is 21.6 Å². The van der Waals surface area contributed by atoms with Gasteiger partial charge in [0.2, 0.25) is 0 Å². The minimum atomic E-state index is -0.558. The zero-order valence-corrected chi connectivity index (χ0v) is 15.7. The van der Waals surface area contributed by atoms with Gasteiger partial charge >= 0.3 is 11.9 Å². The Morgan fingerprint density at radius 2 is 1.22 bits per heavy atom. The molecule has 0 amide bonds. The maximum Gasteiger partial charge on any atom is 0.338 e. The molecule has 0 fully saturated rings. The zero-order chi connectivity index (χ0) is 19.0. The lowest BCUT2D eigenvalue weighted by Crippen LogP contribution is -2.11. The molecule has 0 unspecified atom stereocenters. The summed E-state index contributed by atoms with van der Waals surface area (Å²) >= 11 is 0. The number of methoxy groups -OCH3 is 2. The van der Waals surface area contributed by atoms with E-state index in [2.05, 4.69) is 24.3 Å². The Labute approximate surface area is 158 Å². The van der Waals surface area contributed by atoms with Crippen molar-refractivity contribution in [2.75, 3.05) is 14.2 Å². The molecule has 0 aliphatic heterocycles. The predicted molar refractivity (Wildman–Crippen MR) is 108 cm³/mol. The molecule has 0 aliphatic rings. The lowest BCUT2D eigenvalue weighted by molar-refractivity contribution is 0.0555. The number of esters is 2. The van der Waals surface area contributed by atoms with E-state index in [1.54, 1.807) is 12.1 Å². The van der Waals surface area contributed by atoms with Crippen molar-refractivity contribution in [2.24, 2.45) is 0 Å². The number of benzene rings is 3. The van der Waals surface area contributed by atoms with Crippen LogP contribution in [0.15, 0.2) is 66.7 Å². The average molecular weight is 377 g/mol. The van der Waals surface area contributed by atoms with E-state index < -0.39 is 11.9 Å². The highest BCUT2D eigenvalue weighted by molar-refractivity contribution is 7.50. The van der Waals surface area contributed by atoms with Crippen molar-refractivity contribution in [2.45, 2.75) is 0 Å². The van der Waals surface area contributed by atoms with Gasteiger partial charge in [-0.3, -0.25) is 0 Å². The number of thiophene rings is 1. The molecule has 0 N–H and O–H groups in total. The topological polar surface area (TPSA) is 52.6 Å². The summed E-state index contributed by atoms with van der Waals surface area (Å²) in [5.41, 5.74) is 0.425. The first-order valence-corrected chi connectivity index (χ1v) is 9.61. The fourth-order valence-electron chi connectivity index (χ4n) is 3.32. The second-order valence-electron chi connectivity index (χ2n) is 5.99. The van der Waals surface area contributed by atoms with Crippen molar-refractivity contribution < 1.29 is 19.1 Å². The molecule has 1 heterocycles. The number of carbonyl (C=O) groups is 2. The molecule has 0 aliphatic carbocycles. The molecule has 4 nitrogen and oxygen atoms in total. The molecule has 0 atom stereocenters. The summed E-state index contributed by atoms with van der Waals surface area (Å²) in [6.07, 6.45) is 0. The Bertz CT molecular complexity index is 1140. The van der Waals surface area contributed by atoms with E-state index in [0.717, 1.165) is 4.90 Å². The van der Waals surface area contributed by atoms with Gasteiger partial charge in [0.15, 0.2) is 14.3 Å². The van der Waals surface area contributed by atoms with Gasteiger partial charge in [0.1, 0.15) is 0 Å². The number of carbonyl (C=O) groups excluding carboxylic acids is 2. The van der Waals surface area contributed by atoms with Crippen molar-refractivity contribution >= 4 is 42.6 Å². The maximum absolute atomic E-state index is 12.3. The molecule has 0 saturated heterocycles. The number of hydrogen-bond acceptors (Lipinski definition) is 4. The standard InChI is InChI=1S/C22H17O4S/c1-25-21(23)17-12-11-14(13-18(17)22(24)26-2)27-19-9-5-3-7-15(19)16-8-4-6-10-20(16)27/h3-13H,1-2H3/q+1. The maximum atomic E-state index is 12.3. The fraction of sp³-hybridized carbons (Fsp3) is 0.0909. The van der Waals surface area contributed by atoms with E-state index in [0.29, 0.717) is 0 Å².